The van der Waals surface area contributed by atoms with Crippen LogP contribution in [0.5, 0.6) is 0 Å². The molecule has 0 fully saturated rings. The Morgan fingerprint density at radius 3 is 2.41 bits per heavy atom. The van der Waals surface area contributed by atoms with Gasteiger partial charge in [-0.1, -0.05) is 60.7 Å². The number of hydrogen-bond acceptors (Lipinski definition) is 1. The Morgan fingerprint density at radius 2 is 1.66 bits per heavy atom. The predicted octanol–water partition coefficient (Wildman–Crippen LogP) is 5.25. The number of benzene rings is 3. The summed E-state index contributed by atoms with van der Waals surface area (Å²) in [5.74, 6) is -0.248. The van der Waals surface area contributed by atoms with Gasteiger partial charge in [0, 0.05) is 23.6 Å². The fraction of sp³-hybridized carbons (Fsp3) is 0.160. The number of nitrogens with one attached hydrogen (secondary N) is 1. The lowest BCUT2D eigenvalue weighted by atomic mass is 10.1. The molecule has 29 heavy (non-hydrogen) atoms. The Hall–Kier alpha value is -3.40. The van der Waals surface area contributed by atoms with Crippen LogP contribution in [0.3, 0.4) is 0 Å². The van der Waals surface area contributed by atoms with Gasteiger partial charge in [-0.05, 0) is 41.8 Å². The monoisotopic (exact) mass is 386 g/mol. The second kappa shape index (κ2) is 8.31. The van der Waals surface area contributed by atoms with Crippen molar-refractivity contribution in [2.24, 2.45) is 0 Å². The van der Waals surface area contributed by atoms with Gasteiger partial charge in [0.15, 0.2) is 0 Å². The summed E-state index contributed by atoms with van der Waals surface area (Å²) in [6.45, 7) is 2.62. The predicted molar refractivity (Wildman–Crippen MR) is 114 cm³/mol. The molecule has 4 heteroatoms. The van der Waals surface area contributed by atoms with E-state index in [0.717, 1.165) is 27.6 Å². The van der Waals surface area contributed by atoms with Crippen molar-refractivity contribution < 1.29 is 9.18 Å². The van der Waals surface area contributed by atoms with Gasteiger partial charge in [0.1, 0.15) is 5.82 Å². The molecular weight excluding hydrogens is 363 g/mol. The normalized spacial score (nSPS) is 12.1. The molecule has 0 bridgehead atoms. The first-order valence-electron chi connectivity index (χ1n) is 9.75. The first kappa shape index (κ1) is 18.9. The van der Waals surface area contributed by atoms with Crippen molar-refractivity contribution in [2.45, 2.75) is 25.9 Å². The Kier molecular flexibility index (Phi) is 5.43. The van der Waals surface area contributed by atoms with Gasteiger partial charge in [0.2, 0.25) is 5.91 Å². The topological polar surface area (TPSA) is 34.0 Å². The van der Waals surface area contributed by atoms with Crippen LogP contribution in [0.15, 0.2) is 85.1 Å². The summed E-state index contributed by atoms with van der Waals surface area (Å²) in [6, 6.07) is 24.5. The smallest absolute Gasteiger partial charge is 0.224 e. The third-order valence-electron chi connectivity index (χ3n) is 5.17. The van der Waals surface area contributed by atoms with Crippen LogP contribution in [-0.4, -0.2) is 10.5 Å². The zero-order valence-corrected chi connectivity index (χ0v) is 16.3. The molecule has 0 aliphatic rings. The van der Waals surface area contributed by atoms with Gasteiger partial charge in [-0.15, -0.1) is 0 Å². The number of amides is 1. The van der Waals surface area contributed by atoms with E-state index in [2.05, 4.69) is 9.88 Å². The number of nitrogens with zero attached hydrogens (tertiary/aromatic N) is 1. The molecule has 0 aliphatic heterocycles. The third-order valence-corrected chi connectivity index (χ3v) is 5.17. The van der Waals surface area contributed by atoms with Crippen LogP contribution in [0, 0.1) is 5.82 Å². The van der Waals surface area contributed by atoms with Crippen LogP contribution in [0.1, 0.15) is 29.7 Å². The highest BCUT2D eigenvalue weighted by atomic mass is 19.1. The maximum absolute atomic E-state index is 13.2. The number of para-hydroxylation sites is 1. The lowest BCUT2D eigenvalue weighted by Gasteiger charge is -2.14. The van der Waals surface area contributed by atoms with E-state index >= 15 is 0 Å². The molecule has 0 saturated carbocycles. The van der Waals surface area contributed by atoms with Gasteiger partial charge >= 0.3 is 0 Å². The van der Waals surface area contributed by atoms with Gasteiger partial charge < -0.3 is 9.88 Å². The summed E-state index contributed by atoms with van der Waals surface area (Å²) in [6.07, 6.45) is 2.34. The molecule has 146 valence electrons. The second-order valence-corrected chi connectivity index (χ2v) is 7.30. The molecule has 1 N–H and O–H groups in total. The molecule has 0 saturated heterocycles. The lowest BCUT2D eigenvalue weighted by molar-refractivity contribution is -0.121. The number of carbonyl (C=O) groups excluding carboxylic acids is 1. The Labute approximate surface area is 169 Å². The summed E-state index contributed by atoms with van der Waals surface area (Å²) in [4.78, 5) is 12.7. The lowest BCUT2D eigenvalue weighted by Crippen LogP contribution is -2.28. The minimum Gasteiger partial charge on any atom is -0.349 e. The maximum Gasteiger partial charge on any atom is 0.224 e. The van der Waals surface area contributed by atoms with E-state index < -0.39 is 0 Å². The summed E-state index contributed by atoms with van der Waals surface area (Å²) in [5.41, 5.74) is 4.15. The highest BCUT2D eigenvalue weighted by Gasteiger charge is 2.14. The van der Waals surface area contributed by atoms with Crippen LogP contribution in [0.2, 0.25) is 0 Å². The van der Waals surface area contributed by atoms with E-state index in [1.807, 2.05) is 67.7 Å². The van der Waals surface area contributed by atoms with Crippen molar-refractivity contribution in [3.05, 3.63) is 108 Å². The van der Waals surface area contributed by atoms with Crippen LogP contribution in [0.25, 0.3) is 10.9 Å². The van der Waals surface area contributed by atoms with Crippen LogP contribution in [-0.2, 0) is 17.8 Å². The van der Waals surface area contributed by atoms with E-state index in [1.165, 1.54) is 12.1 Å². The van der Waals surface area contributed by atoms with Crippen molar-refractivity contribution >= 4 is 16.8 Å². The highest BCUT2D eigenvalue weighted by Crippen LogP contribution is 2.23. The Bertz CT molecular complexity index is 1120. The number of rotatable bonds is 6. The molecule has 4 rings (SSSR count). The van der Waals surface area contributed by atoms with Crippen LogP contribution >= 0.6 is 0 Å². The average Bonchev–Trinajstić information content (AvgIpc) is 3.07. The van der Waals surface area contributed by atoms with Crippen molar-refractivity contribution in [3.8, 4) is 0 Å². The van der Waals surface area contributed by atoms with Gasteiger partial charge in [0.05, 0.1) is 12.5 Å². The molecule has 3 aromatic carbocycles. The molecule has 0 spiro atoms. The number of halogens is 1. The number of fused-ring (bicyclic) bond motifs is 1. The summed E-state index contributed by atoms with van der Waals surface area (Å²) < 4.78 is 15.3. The number of aromatic nitrogens is 1. The molecule has 1 atom stereocenters. The van der Waals surface area contributed by atoms with Crippen LogP contribution < -0.4 is 5.32 Å². The largest absolute Gasteiger partial charge is 0.349 e. The zero-order valence-electron chi connectivity index (χ0n) is 16.3. The minimum absolute atomic E-state index is 0.00830. The van der Waals surface area contributed by atoms with E-state index in [1.54, 1.807) is 12.1 Å². The fourth-order valence-electron chi connectivity index (χ4n) is 3.67. The molecule has 3 nitrogen and oxygen atoms in total. The third kappa shape index (κ3) is 4.37. The van der Waals surface area contributed by atoms with E-state index in [0.29, 0.717) is 13.0 Å². The molecule has 1 heterocycles. The van der Waals surface area contributed by atoms with Gasteiger partial charge in [0.25, 0.3) is 0 Å². The Balaban J connectivity index is 1.54. The van der Waals surface area contributed by atoms with Gasteiger partial charge in [-0.3, -0.25) is 4.79 Å². The van der Waals surface area contributed by atoms with Gasteiger partial charge in [-0.2, -0.15) is 0 Å². The van der Waals surface area contributed by atoms with E-state index in [9.17, 15) is 9.18 Å². The standard InChI is InChI=1S/C25H23FN2O/c1-18(20-7-3-2-4-8-20)27-25(29)15-21-17-28(24-10-6-5-9-23(21)24)16-19-11-13-22(26)14-12-19/h2-14,17-18H,15-16H2,1H3,(H,27,29). The quantitative estimate of drug-likeness (QED) is 0.483. The first-order valence-corrected chi connectivity index (χ1v) is 9.75. The molecule has 1 amide bonds. The maximum atomic E-state index is 13.2. The molecule has 0 radical (unpaired) electrons. The minimum atomic E-state index is -0.240. The summed E-state index contributed by atoms with van der Waals surface area (Å²) in [7, 11) is 0. The molecule has 0 aliphatic carbocycles. The molecule has 1 aromatic heterocycles. The van der Waals surface area contributed by atoms with Crippen LogP contribution in [0.4, 0.5) is 4.39 Å². The fourth-order valence-corrected chi connectivity index (χ4v) is 3.67. The van der Waals surface area contributed by atoms with Crippen molar-refractivity contribution in [1.82, 2.24) is 9.88 Å². The number of carbonyl (C=O) groups is 1. The molecular formula is C25H23FN2O. The molecule has 1 unspecified atom stereocenters. The Morgan fingerprint density at radius 1 is 0.966 bits per heavy atom. The van der Waals surface area contributed by atoms with Crippen molar-refractivity contribution in [1.29, 1.82) is 0 Å². The SMILES string of the molecule is CC(NC(=O)Cc1cn(Cc2ccc(F)cc2)c2ccccc12)c1ccccc1. The number of hydrogen-bond donors (Lipinski definition) is 1. The van der Waals surface area contributed by atoms with E-state index in [4.69, 9.17) is 0 Å². The summed E-state index contributed by atoms with van der Waals surface area (Å²) >= 11 is 0. The highest BCUT2D eigenvalue weighted by molar-refractivity contribution is 5.89. The second-order valence-electron chi connectivity index (χ2n) is 7.30. The average molecular weight is 386 g/mol. The zero-order chi connectivity index (χ0) is 20.2. The summed E-state index contributed by atoms with van der Waals surface area (Å²) in [5, 5.41) is 4.15. The van der Waals surface area contributed by atoms with E-state index in [-0.39, 0.29) is 17.8 Å². The van der Waals surface area contributed by atoms with Crippen molar-refractivity contribution in [2.75, 3.05) is 0 Å². The van der Waals surface area contributed by atoms with Gasteiger partial charge in [-0.25, -0.2) is 4.39 Å². The first-order chi connectivity index (χ1) is 14.1. The van der Waals surface area contributed by atoms with Crippen molar-refractivity contribution in [3.63, 3.8) is 0 Å². The molecule has 4 aromatic rings.